The monoisotopic (exact) mass is 220 g/mol. The minimum atomic E-state index is -1.16. The first-order chi connectivity index (χ1) is 6.61. The molecule has 1 aliphatic rings. The molecule has 1 aliphatic carbocycles. The second-order valence-corrected chi connectivity index (χ2v) is 3.93. The molecule has 1 aromatic carbocycles. The second kappa shape index (κ2) is 3.46. The third-order valence-electron chi connectivity index (χ3n) is 2.51. The Hall–Kier alpha value is -0.700. The molecule has 1 unspecified atom stereocenters. The Morgan fingerprint density at radius 1 is 1.21 bits per heavy atom. The van der Waals surface area contributed by atoms with Crippen molar-refractivity contribution in [2.75, 3.05) is 0 Å². The van der Waals surface area contributed by atoms with E-state index in [9.17, 15) is 13.2 Å². The first-order valence-corrected chi connectivity index (χ1v) is 4.85. The zero-order chi connectivity index (χ0) is 10.3. The van der Waals surface area contributed by atoms with Gasteiger partial charge in [0, 0.05) is 11.6 Å². The van der Waals surface area contributed by atoms with Crippen LogP contribution in [0.1, 0.15) is 29.3 Å². The second-order valence-electron chi connectivity index (χ2n) is 3.41. The summed E-state index contributed by atoms with van der Waals surface area (Å²) >= 11 is 5.82. The number of halogens is 4. The highest BCUT2D eigenvalue weighted by molar-refractivity contribution is 6.21. The van der Waals surface area contributed by atoms with Crippen LogP contribution in [-0.4, -0.2) is 0 Å². The van der Waals surface area contributed by atoms with Crippen LogP contribution in [0.2, 0.25) is 0 Å². The molecule has 14 heavy (non-hydrogen) atoms. The van der Waals surface area contributed by atoms with Crippen LogP contribution in [0.4, 0.5) is 13.2 Å². The van der Waals surface area contributed by atoms with Crippen molar-refractivity contribution in [1.82, 2.24) is 0 Å². The van der Waals surface area contributed by atoms with Crippen LogP contribution < -0.4 is 0 Å². The molecule has 0 amide bonds. The van der Waals surface area contributed by atoms with Gasteiger partial charge in [-0.25, -0.2) is 13.2 Å². The Morgan fingerprint density at radius 2 is 1.93 bits per heavy atom. The molecule has 0 saturated carbocycles. The van der Waals surface area contributed by atoms with E-state index in [2.05, 4.69) is 0 Å². The predicted octanol–water partition coefficient (Wildman–Crippen LogP) is 3.72. The molecule has 0 nitrogen and oxygen atoms in total. The van der Waals surface area contributed by atoms with Gasteiger partial charge < -0.3 is 0 Å². The van der Waals surface area contributed by atoms with Gasteiger partial charge in [0.1, 0.15) is 5.82 Å². The molecule has 0 N–H and O–H groups in total. The van der Waals surface area contributed by atoms with Crippen molar-refractivity contribution in [3.63, 3.8) is 0 Å². The standard InChI is InChI=1S/C10H8ClF3/c11-6-3-1-2-5-7(12)4-8(13)10(14)9(5)6/h4,6H,1-3H2. The van der Waals surface area contributed by atoms with Gasteiger partial charge in [-0.1, -0.05) is 0 Å². The van der Waals surface area contributed by atoms with Crippen molar-refractivity contribution in [1.29, 1.82) is 0 Å². The van der Waals surface area contributed by atoms with Crippen molar-refractivity contribution in [3.05, 3.63) is 34.6 Å². The fourth-order valence-corrected chi connectivity index (χ4v) is 2.22. The Bertz CT molecular complexity index is 376. The number of rotatable bonds is 0. The minimum Gasteiger partial charge on any atom is -0.207 e. The third kappa shape index (κ3) is 1.40. The number of benzene rings is 1. The molecule has 0 aliphatic heterocycles. The van der Waals surface area contributed by atoms with Crippen molar-refractivity contribution in [2.45, 2.75) is 24.6 Å². The van der Waals surface area contributed by atoms with Gasteiger partial charge in [-0.3, -0.25) is 0 Å². The van der Waals surface area contributed by atoms with E-state index < -0.39 is 22.8 Å². The van der Waals surface area contributed by atoms with Gasteiger partial charge in [-0.05, 0) is 24.8 Å². The van der Waals surface area contributed by atoms with Crippen LogP contribution in [-0.2, 0) is 6.42 Å². The summed E-state index contributed by atoms with van der Waals surface area (Å²) in [4.78, 5) is 0. The summed E-state index contributed by atoms with van der Waals surface area (Å²) in [5, 5.41) is -0.607. The summed E-state index contributed by atoms with van der Waals surface area (Å²) in [6.07, 6.45) is 1.71. The van der Waals surface area contributed by atoms with Crippen molar-refractivity contribution in [2.24, 2.45) is 0 Å². The highest BCUT2D eigenvalue weighted by Crippen LogP contribution is 2.38. The topological polar surface area (TPSA) is 0 Å². The largest absolute Gasteiger partial charge is 0.207 e. The van der Waals surface area contributed by atoms with Crippen LogP contribution in [0.5, 0.6) is 0 Å². The van der Waals surface area contributed by atoms with Gasteiger partial charge in [0.2, 0.25) is 0 Å². The predicted molar refractivity (Wildman–Crippen MR) is 47.8 cm³/mol. The molecule has 0 heterocycles. The van der Waals surface area contributed by atoms with Gasteiger partial charge in [0.15, 0.2) is 11.6 Å². The molecule has 0 fully saturated rings. The first kappa shape index (κ1) is 9.84. The summed E-state index contributed by atoms with van der Waals surface area (Å²) < 4.78 is 39.4. The average Bonchev–Trinajstić information content (AvgIpc) is 2.14. The summed E-state index contributed by atoms with van der Waals surface area (Å²) in [6.45, 7) is 0. The summed E-state index contributed by atoms with van der Waals surface area (Å²) in [5.74, 6) is -2.85. The molecule has 0 aromatic heterocycles. The highest BCUT2D eigenvalue weighted by Gasteiger charge is 2.27. The number of alkyl halides is 1. The minimum absolute atomic E-state index is 0.00965. The molecular weight excluding hydrogens is 213 g/mol. The molecule has 0 radical (unpaired) electrons. The molecule has 4 heteroatoms. The molecule has 1 aromatic rings. The van der Waals surface area contributed by atoms with Gasteiger partial charge in [-0.15, -0.1) is 11.6 Å². The van der Waals surface area contributed by atoms with Crippen molar-refractivity contribution < 1.29 is 13.2 Å². The van der Waals surface area contributed by atoms with Crippen LogP contribution >= 0.6 is 11.6 Å². The van der Waals surface area contributed by atoms with Gasteiger partial charge in [-0.2, -0.15) is 0 Å². The molecule has 1 atom stereocenters. The smallest absolute Gasteiger partial charge is 0.163 e. The lowest BCUT2D eigenvalue weighted by Gasteiger charge is -2.21. The van der Waals surface area contributed by atoms with E-state index in [1.54, 1.807) is 0 Å². The summed E-state index contributed by atoms with van der Waals surface area (Å²) in [7, 11) is 0. The summed E-state index contributed by atoms with van der Waals surface area (Å²) in [5.41, 5.74) is 0.241. The van der Waals surface area contributed by atoms with Crippen LogP contribution in [0, 0.1) is 17.5 Å². The Morgan fingerprint density at radius 3 is 2.64 bits per heavy atom. The lowest BCUT2D eigenvalue weighted by molar-refractivity contribution is 0.464. The maximum atomic E-state index is 13.3. The van der Waals surface area contributed by atoms with E-state index in [0.717, 1.165) is 0 Å². The van der Waals surface area contributed by atoms with Crippen molar-refractivity contribution in [3.8, 4) is 0 Å². The van der Waals surface area contributed by atoms with Crippen LogP contribution in [0.25, 0.3) is 0 Å². The van der Waals surface area contributed by atoms with Gasteiger partial charge in [0.25, 0.3) is 0 Å². The zero-order valence-electron chi connectivity index (χ0n) is 7.29. The maximum absolute atomic E-state index is 13.3. The molecule has 0 spiro atoms. The molecular formula is C10H8ClF3. The highest BCUT2D eigenvalue weighted by atomic mass is 35.5. The Kier molecular flexibility index (Phi) is 2.43. The number of hydrogen-bond donors (Lipinski definition) is 0. The van der Waals surface area contributed by atoms with Crippen LogP contribution in [0.3, 0.4) is 0 Å². The van der Waals surface area contributed by atoms with Gasteiger partial charge >= 0.3 is 0 Å². The van der Waals surface area contributed by atoms with E-state index in [-0.39, 0.29) is 11.1 Å². The summed E-state index contributed by atoms with van der Waals surface area (Å²) in [6, 6.07) is 0.586. The number of fused-ring (bicyclic) bond motifs is 1. The molecule has 0 bridgehead atoms. The van der Waals surface area contributed by atoms with Crippen molar-refractivity contribution >= 4 is 11.6 Å². The van der Waals surface area contributed by atoms with E-state index in [0.29, 0.717) is 25.3 Å². The van der Waals surface area contributed by atoms with E-state index in [4.69, 9.17) is 11.6 Å². The normalized spacial score (nSPS) is 20.7. The fourth-order valence-electron chi connectivity index (χ4n) is 1.83. The lowest BCUT2D eigenvalue weighted by atomic mass is 9.90. The molecule has 76 valence electrons. The molecule has 2 rings (SSSR count). The maximum Gasteiger partial charge on any atom is 0.163 e. The van der Waals surface area contributed by atoms with E-state index in [1.165, 1.54) is 0 Å². The average molecular weight is 221 g/mol. The van der Waals surface area contributed by atoms with E-state index in [1.807, 2.05) is 0 Å². The SMILES string of the molecule is Fc1cc(F)c2c(c1F)C(Cl)CCC2. The van der Waals surface area contributed by atoms with Crippen LogP contribution in [0.15, 0.2) is 6.07 Å². The fraction of sp³-hybridized carbons (Fsp3) is 0.400. The first-order valence-electron chi connectivity index (χ1n) is 4.41. The number of hydrogen-bond acceptors (Lipinski definition) is 0. The zero-order valence-corrected chi connectivity index (χ0v) is 8.04. The van der Waals surface area contributed by atoms with Gasteiger partial charge in [0.05, 0.1) is 5.38 Å². The van der Waals surface area contributed by atoms with E-state index >= 15 is 0 Å². The Labute approximate surface area is 84.7 Å². The quantitative estimate of drug-likeness (QED) is 0.462. The lowest BCUT2D eigenvalue weighted by Crippen LogP contribution is -2.12. The Balaban J connectivity index is 2.67. The molecule has 0 saturated heterocycles. The third-order valence-corrected chi connectivity index (χ3v) is 2.95.